The van der Waals surface area contributed by atoms with Gasteiger partial charge in [-0.05, 0) is 39.5 Å². The van der Waals surface area contributed by atoms with Crippen molar-refractivity contribution in [2.45, 2.75) is 52.1 Å². The van der Waals surface area contributed by atoms with E-state index in [2.05, 4.69) is 6.92 Å². The molecule has 16 heavy (non-hydrogen) atoms. The molecule has 0 bridgehead atoms. The third-order valence-electron chi connectivity index (χ3n) is 3.51. The molecule has 0 aliphatic carbocycles. The van der Waals surface area contributed by atoms with Gasteiger partial charge in [-0.1, -0.05) is 6.92 Å². The van der Waals surface area contributed by atoms with Gasteiger partial charge in [0.2, 0.25) is 0 Å². The van der Waals surface area contributed by atoms with Gasteiger partial charge in [-0.15, -0.1) is 0 Å². The summed E-state index contributed by atoms with van der Waals surface area (Å²) < 4.78 is 0. The third kappa shape index (κ3) is 1.51. The molecule has 0 radical (unpaired) electrons. The Hall–Kier alpha value is -1.06. The zero-order chi connectivity index (χ0) is 12.1. The zero-order valence-corrected chi connectivity index (χ0v) is 10.5. The molecule has 2 heterocycles. The van der Waals surface area contributed by atoms with E-state index in [4.69, 9.17) is 0 Å². The van der Waals surface area contributed by atoms with Crippen molar-refractivity contribution in [2.24, 2.45) is 5.92 Å². The standard InChI is InChI=1S/C12H20N2O2/c1-8-6-5-7-13-9(8)10(15)14(11(13)16)12(2,3)4/h8-9H,5-7H2,1-4H3. The van der Waals surface area contributed by atoms with E-state index < -0.39 is 5.54 Å². The summed E-state index contributed by atoms with van der Waals surface area (Å²) in [6.07, 6.45) is 2.05. The van der Waals surface area contributed by atoms with Crippen molar-refractivity contribution >= 4 is 11.9 Å². The van der Waals surface area contributed by atoms with Crippen LogP contribution in [0.5, 0.6) is 0 Å². The topological polar surface area (TPSA) is 40.6 Å². The second-order valence-corrected chi connectivity index (χ2v) is 5.88. The summed E-state index contributed by atoms with van der Waals surface area (Å²) in [5.74, 6) is 0.280. The summed E-state index contributed by atoms with van der Waals surface area (Å²) >= 11 is 0. The van der Waals surface area contributed by atoms with E-state index in [1.807, 2.05) is 20.8 Å². The molecule has 2 fully saturated rings. The zero-order valence-electron chi connectivity index (χ0n) is 10.5. The SMILES string of the molecule is CC1CCCN2C(=O)N(C(C)(C)C)C(=O)C12. The van der Waals surface area contributed by atoms with Gasteiger partial charge in [0.1, 0.15) is 6.04 Å². The maximum atomic E-state index is 12.3. The first kappa shape index (κ1) is 11.4. The predicted molar refractivity (Wildman–Crippen MR) is 60.9 cm³/mol. The Morgan fingerprint density at radius 2 is 1.88 bits per heavy atom. The highest BCUT2D eigenvalue weighted by molar-refractivity contribution is 6.05. The number of piperidine rings is 1. The minimum Gasteiger partial charge on any atom is -0.312 e. The number of carbonyl (C=O) groups excluding carboxylic acids is 2. The van der Waals surface area contributed by atoms with Crippen LogP contribution in [-0.4, -0.2) is 39.9 Å². The Morgan fingerprint density at radius 1 is 1.25 bits per heavy atom. The molecule has 2 aliphatic rings. The van der Waals surface area contributed by atoms with Gasteiger partial charge in [0.05, 0.1) is 0 Å². The van der Waals surface area contributed by atoms with Crippen molar-refractivity contribution in [2.75, 3.05) is 6.54 Å². The van der Waals surface area contributed by atoms with Crippen LogP contribution in [0.15, 0.2) is 0 Å². The van der Waals surface area contributed by atoms with Crippen molar-refractivity contribution < 1.29 is 9.59 Å². The summed E-state index contributed by atoms with van der Waals surface area (Å²) in [6.45, 7) is 8.52. The summed E-state index contributed by atoms with van der Waals surface area (Å²) in [6, 6.07) is -0.311. The molecular weight excluding hydrogens is 204 g/mol. The Morgan fingerprint density at radius 3 is 2.38 bits per heavy atom. The highest BCUT2D eigenvalue weighted by Crippen LogP contribution is 2.34. The van der Waals surface area contributed by atoms with Gasteiger partial charge in [-0.3, -0.25) is 9.69 Å². The first-order valence-electron chi connectivity index (χ1n) is 5.98. The molecule has 0 aromatic heterocycles. The molecule has 0 N–H and O–H groups in total. The smallest absolute Gasteiger partial charge is 0.312 e. The van der Waals surface area contributed by atoms with Crippen LogP contribution in [0.4, 0.5) is 4.79 Å². The van der Waals surface area contributed by atoms with Crippen LogP contribution in [0, 0.1) is 5.92 Å². The average molecular weight is 224 g/mol. The number of amides is 3. The van der Waals surface area contributed by atoms with Crippen molar-refractivity contribution in [3.8, 4) is 0 Å². The van der Waals surface area contributed by atoms with Gasteiger partial charge < -0.3 is 4.90 Å². The number of fused-ring (bicyclic) bond motifs is 1. The average Bonchev–Trinajstić information content (AvgIpc) is 2.39. The minimum atomic E-state index is -0.411. The normalized spacial score (nSPS) is 31.0. The van der Waals surface area contributed by atoms with E-state index in [-0.39, 0.29) is 23.9 Å². The summed E-state index contributed by atoms with van der Waals surface area (Å²) in [4.78, 5) is 27.6. The largest absolute Gasteiger partial charge is 0.327 e. The molecule has 2 atom stereocenters. The molecule has 3 amide bonds. The van der Waals surface area contributed by atoms with Crippen LogP contribution >= 0.6 is 0 Å². The predicted octanol–water partition coefficient (Wildman–Crippen LogP) is 1.85. The molecule has 4 heteroatoms. The van der Waals surface area contributed by atoms with E-state index in [9.17, 15) is 9.59 Å². The van der Waals surface area contributed by atoms with Crippen LogP contribution in [0.2, 0.25) is 0 Å². The van der Waals surface area contributed by atoms with Crippen molar-refractivity contribution in [3.05, 3.63) is 0 Å². The fraction of sp³-hybridized carbons (Fsp3) is 0.833. The van der Waals surface area contributed by atoms with Crippen molar-refractivity contribution in [1.82, 2.24) is 9.80 Å². The van der Waals surface area contributed by atoms with Crippen LogP contribution in [0.1, 0.15) is 40.5 Å². The van der Waals surface area contributed by atoms with Gasteiger partial charge in [0.25, 0.3) is 5.91 Å². The third-order valence-corrected chi connectivity index (χ3v) is 3.51. The van der Waals surface area contributed by atoms with Crippen LogP contribution in [0.3, 0.4) is 0 Å². The van der Waals surface area contributed by atoms with E-state index in [0.29, 0.717) is 0 Å². The number of carbonyl (C=O) groups is 2. The lowest BCUT2D eigenvalue weighted by Crippen LogP contribution is -2.46. The van der Waals surface area contributed by atoms with Crippen molar-refractivity contribution in [1.29, 1.82) is 0 Å². The van der Waals surface area contributed by atoms with Gasteiger partial charge in [0.15, 0.2) is 0 Å². The Bertz CT molecular complexity index is 332. The molecule has 0 saturated carbocycles. The summed E-state index contributed by atoms with van der Waals surface area (Å²) in [5, 5.41) is 0. The lowest BCUT2D eigenvalue weighted by molar-refractivity contribution is -0.133. The second kappa shape index (κ2) is 3.47. The number of urea groups is 1. The lowest BCUT2D eigenvalue weighted by atomic mass is 9.91. The van der Waals surface area contributed by atoms with Crippen LogP contribution in [-0.2, 0) is 4.79 Å². The van der Waals surface area contributed by atoms with E-state index in [1.165, 1.54) is 4.90 Å². The molecule has 90 valence electrons. The Balaban J connectivity index is 2.34. The van der Waals surface area contributed by atoms with E-state index in [0.717, 1.165) is 19.4 Å². The number of nitrogens with zero attached hydrogens (tertiary/aromatic N) is 2. The lowest BCUT2D eigenvalue weighted by Gasteiger charge is -2.31. The van der Waals surface area contributed by atoms with Gasteiger partial charge in [-0.25, -0.2) is 4.79 Å². The molecule has 2 aliphatic heterocycles. The quantitative estimate of drug-likeness (QED) is 0.589. The molecule has 2 saturated heterocycles. The van der Waals surface area contributed by atoms with Crippen LogP contribution < -0.4 is 0 Å². The second-order valence-electron chi connectivity index (χ2n) is 5.88. The van der Waals surface area contributed by atoms with E-state index >= 15 is 0 Å². The van der Waals surface area contributed by atoms with Gasteiger partial charge in [-0.2, -0.15) is 0 Å². The number of imide groups is 1. The minimum absolute atomic E-state index is 0.00954. The van der Waals surface area contributed by atoms with Crippen LogP contribution in [0.25, 0.3) is 0 Å². The highest BCUT2D eigenvalue weighted by Gasteiger charge is 2.52. The maximum absolute atomic E-state index is 12.3. The summed E-state index contributed by atoms with van der Waals surface area (Å²) in [5.41, 5.74) is -0.411. The molecular formula is C12H20N2O2. The number of rotatable bonds is 0. The molecule has 0 aromatic rings. The maximum Gasteiger partial charge on any atom is 0.327 e. The van der Waals surface area contributed by atoms with Gasteiger partial charge in [0, 0.05) is 12.1 Å². The molecule has 2 unspecified atom stereocenters. The highest BCUT2D eigenvalue weighted by atomic mass is 16.2. The van der Waals surface area contributed by atoms with E-state index in [1.54, 1.807) is 4.90 Å². The summed E-state index contributed by atoms with van der Waals surface area (Å²) in [7, 11) is 0. The molecule has 0 aromatic carbocycles. The molecule has 4 nitrogen and oxygen atoms in total. The molecule has 2 rings (SSSR count). The Labute approximate surface area is 96.6 Å². The fourth-order valence-corrected chi connectivity index (χ4v) is 2.75. The molecule has 0 spiro atoms. The number of hydrogen-bond acceptors (Lipinski definition) is 2. The fourth-order valence-electron chi connectivity index (χ4n) is 2.75. The first-order valence-corrected chi connectivity index (χ1v) is 5.98. The van der Waals surface area contributed by atoms with Crippen molar-refractivity contribution in [3.63, 3.8) is 0 Å². The first-order chi connectivity index (χ1) is 7.34. The monoisotopic (exact) mass is 224 g/mol. The number of hydrogen-bond donors (Lipinski definition) is 0. The Kier molecular flexibility index (Phi) is 2.48. The van der Waals surface area contributed by atoms with Gasteiger partial charge >= 0.3 is 6.03 Å².